The fourth-order valence-electron chi connectivity index (χ4n) is 2.01. The van der Waals surface area contributed by atoms with Crippen molar-refractivity contribution in [2.75, 3.05) is 11.3 Å². The molecule has 0 aliphatic rings. The second-order valence-electron chi connectivity index (χ2n) is 4.47. The van der Waals surface area contributed by atoms with Crippen LogP contribution in [0.15, 0.2) is 4.90 Å². The molecule has 21 heavy (non-hydrogen) atoms. The lowest BCUT2D eigenvalue weighted by Gasteiger charge is -2.06. The lowest BCUT2D eigenvalue weighted by atomic mass is 10.4. The first-order valence-electron chi connectivity index (χ1n) is 6.48. The van der Waals surface area contributed by atoms with E-state index in [-0.39, 0.29) is 10.0 Å². The number of nitrogens with one attached hydrogen (secondary N) is 1. The summed E-state index contributed by atoms with van der Waals surface area (Å²) in [6, 6.07) is 0. The average Bonchev–Trinajstić information content (AvgIpc) is 2.95. The third kappa shape index (κ3) is 3.22. The zero-order chi connectivity index (χ0) is 15.6. The van der Waals surface area contributed by atoms with Crippen LogP contribution in [-0.2, 0) is 23.0 Å². The molecule has 116 valence electrons. The Balaban J connectivity index is 2.35. The van der Waals surface area contributed by atoms with Gasteiger partial charge in [0, 0.05) is 6.54 Å². The van der Waals surface area contributed by atoms with Crippen LogP contribution < -0.4 is 10.5 Å². The smallest absolute Gasteiger partial charge is 0.267 e. The Hall–Kier alpha value is -1.52. The van der Waals surface area contributed by atoms with Gasteiger partial charge in [0.25, 0.3) is 10.0 Å². The van der Waals surface area contributed by atoms with Crippen molar-refractivity contribution in [3.05, 3.63) is 16.4 Å². The van der Waals surface area contributed by atoms with E-state index in [4.69, 9.17) is 5.73 Å². The largest absolute Gasteiger partial charge is 0.329 e. The molecule has 0 bridgehead atoms. The predicted molar refractivity (Wildman–Crippen MR) is 80.9 cm³/mol. The van der Waals surface area contributed by atoms with Crippen molar-refractivity contribution in [2.45, 2.75) is 38.6 Å². The van der Waals surface area contributed by atoms with Gasteiger partial charge in [0.1, 0.15) is 9.90 Å². The molecule has 2 rings (SSSR count). The lowest BCUT2D eigenvalue weighted by molar-refractivity contribution is 0.593. The minimum absolute atomic E-state index is 0.171. The Morgan fingerprint density at radius 3 is 2.62 bits per heavy atom. The predicted octanol–water partition coefficient (Wildman–Crippen LogP) is 0.673. The molecule has 0 spiro atoms. The summed E-state index contributed by atoms with van der Waals surface area (Å²) in [7, 11) is -3.73. The molecular formula is C11H18N6O2S2. The zero-order valence-electron chi connectivity index (χ0n) is 12.1. The van der Waals surface area contributed by atoms with Gasteiger partial charge in [0.05, 0.1) is 17.9 Å². The normalized spacial score (nSPS) is 11.8. The molecule has 8 nitrogen and oxygen atoms in total. The summed E-state index contributed by atoms with van der Waals surface area (Å²) in [5.41, 5.74) is 6.50. The summed E-state index contributed by atoms with van der Waals surface area (Å²) >= 11 is 1.22. The van der Waals surface area contributed by atoms with Gasteiger partial charge < -0.3 is 5.73 Å². The van der Waals surface area contributed by atoms with E-state index in [2.05, 4.69) is 20.0 Å². The first-order chi connectivity index (χ1) is 9.89. The van der Waals surface area contributed by atoms with Crippen LogP contribution in [0.4, 0.5) is 5.13 Å². The van der Waals surface area contributed by atoms with Gasteiger partial charge >= 0.3 is 0 Å². The van der Waals surface area contributed by atoms with Crippen LogP contribution in [-0.4, -0.2) is 34.9 Å². The molecule has 0 unspecified atom stereocenters. The van der Waals surface area contributed by atoms with Crippen molar-refractivity contribution in [3.63, 3.8) is 0 Å². The first-order valence-corrected chi connectivity index (χ1v) is 8.78. The molecule has 0 aliphatic heterocycles. The summed E-state index contributed by atoms with van der Waals surface area (Å²) in [6.07, 6.45) is 0.714. The maximum Gasteiger partial charge on any atom is 0.267 e. The summed E-state index contributed by atoms with van der Waals surface area (Å²) in [5.74, 6) is 0. The van der Waals surface area contributed by atoms with Gasteiger partial charge in [-0.15, -0.1) is 10.2 Å². The molecule has 2 aromatic rings. The number of nitrogens with zero attached hydrogens (tertiary/aromatic N) is 4. The number of rotatable bonds is 6. The van der Waals surface area contributed by atoms with Crippen molar-refractivity contribution in [3.8, 4) is 0 Å². The molecule has 2 heterocycles. The number of anilines is 1. The monoisotopic (exact) mass is 330 g/mol. The van der Waals surface area contributed by atoms with E-state index in [0.717, 1.165) is 5.01 Å². The highest BCUT2D eigenvalue weighted by atomic mass is 32.2. The SMILES string of the molecule is CCc1nnc(NS(=O)(=O)c2c(C)nn(CCN)c2C)s1. The maximum absolute atomic E-state index is 12.5. The average molecular weight is 330 g/mol. The van der Waals surface area contributed by atoms with Crippen LogP contribution in [0.1, 0.15) is 23.3 Å². The molecule has 0 saturated heterocycles. The van der Waals surface area contributed by atoms with E-state index in [0.29, 0.717) is 30.9 Å². The third-order valence-electron chi connectivity index (χ3n) is 2.92. The molecule has 0 atom stereocenters. The topological polar surface area (TPSA) is 116 Å². The van der Waals surface area contributed by atoms with E-state index < -0.39 is 10.0 Å². The Kier molecular flexibility index (Phi) is 4.59. The summed E-state index contributed by atoms with van der Waals surface area (Å²) < 4.78 is 29.1. The first kappa shape index (κ1) is 15.9. The summed E-state index contributed by atoms with van der Waals surface area (Å²) in [5, 5.41) is 13.0. The number of sulfonamides is 1. The van der Waals surface area contributed by atoms with Gasteiger partial charge in [-0.25, -0.2) is 8.42 Å². The van der Waals surface area contributed by atoms with Crippen LogP contribution in [0.5, 0.6) is 0 Å². The minimum atomic E-state index is -3.73. The highest BCUT2D eigenvalue weighted by molar-refractivity contribution is 7.93. The Bertz CT molecular complexity index is 734. The fraction of sp³-hybridized carbons (Fsp3) is 0.545. The van der Waals surface area contributed by atoms with Crippen molar-refractivity contribution in [2.24, 2.45) is 5.73 Å². The van der Waals surface area contributed by atoms with Crippen molar-refractivity contribution in [1.82, 2.24) is 20.0 Å². The van der Waals surface area contributed by atoms with E-state index in [1.165, 1.54) is 11.3 Å². The molecule has 2 aromatic heterocycles. The maximum atomic E-state index is 12.5. The zero-order valence-corrected chi connectivity index (χ0v) is 13.8. The van der Waals surface area contributed by atoms with Gasteiger partial charge in [0.15, 0.2) is 0 Å². The van der Waals surface area contributed by atoms with Gasteiger partial charge in [0.2, 0.25) is 5.13 Å². The van der Waals surface area contributed by atoms with Gasteiger partial charge in [-0.2, -0.15) is 5.10 Å². The van der Waals surface area contributed by atoms with Crippen LogP contribution in [0.3, 0.4) is 0 Å². The molecule has 3 N–H and O–H groups in total. The molecule has 0 saturated carbocycles. The van der Waals surface area contributed by atoms with Crippen molar-refractivity contribution >= 4 is 26.5 Å². The fourth-order valence-corrected chi connectivity index (χ4v) is 4.34. The second kappa shape index (κ2) is 6.08. The summed E-state index contributed by atoms with van der Waals surface area (Å²) in [4.78, 5) is 0.171. The number of hydrogen-bond acceptors (Lipinski definition) is 7. The Morgan fingerprint density at radius 2 is 2.05 bits per heavy atom. The Labute approximate surface area is 127 Å². The molecule has 0 aliphatic carbocycles. The van der Waals surface area contributed by atoms with Crippen LogP contribution >= 0.6 is 11.3 Å². The van der Waals surface area contributed by atoms with Gasteiger partial charge in [-0.3, -0.25) is 9.40 Å². The molecule has 0 amide bonds. The molecule has 0 aromatic carbocycles. The standard InChI is InChI=1S/C11H18N6O2S2/c1-4-9-13-14-11(20-9)16-21(18,19)10-7(2)15-17(6-5-12)8(10)3/h4-6,12H2,1-3H3,(H,14,16). The minimum Gasteiger partial charge on any atom is -0.329 e. The van der Waals surface area contributed by atoms with Crippen LogP contribution in [0.2, 0.25) is 0 Å². The molecule has 10 heteroatoms. The third-order valence-corrected chi connectivity index (χ3v) is 5.62. The number of hydrogen-bond donors (Lipinski definition) is 2. The van der Waals surface area contributed by atoms with Crippen LogP contribution in [0, 0.1) is 13.8 Å². The number of aryl methyl sites for hydroxylation is 2. The molecule has 0 radical (unpaired) electrons. The van der Waals surface area contributed by atoms with Crippen molar-refractivity contribution in [1.29, 1.82) is 0 Å². The number of aromatic nitrogens is 4. The molecular weight excluding hydrogens is 312 g/mol. The quantitative estimate of drug-likeness (QED) is 0.804. The van der Waals surface area contributed by atoms with Gasteiger partial charge in [-0.05, 0) is 20.3 Å². The highest BCUT2D eigenvalue weighted by Gasteiger charge is 2.25. The van der Waals surface area contributed by atoms with E-state index in [9.17, 15) is 8.42 Å². The van der Waals surface area contributed by atoms with E-state index >= 15 is 0 Å². The second-order valence-corrected chi connectivity index (χ2v) is 7.15. The van der Waals surface area contributed by atoms with E-state index in [1.54, 1.807) is 18.5 Å². The van der Waals surface area contributed by atoms with Gasteiger partial charge in [-0.1, -0.05) is 18.3 Å². The van der Waals surface area contributed by atoms with Crippen LogP contribution in [0.25, 0.3) is 0 Å². The molecule has 0 fully saturated rings. The number of nitrogens with two attached hydrogens (primary N) is 1. The Morgan fingerprint density at radius 1 is 1.33 bits per heavy atom. The van der Waals surface area contributed by atoms with E-state index in [1.807, 2.05) is 6.92 Å². The lowest BCUT2D eigenvalue weighted by Crippen LogP contribution is -2.16. The highest BCUT2D eigenvalue weighted by Crippen LogP contribution is 2.24. The van der Waals surface area contributed by atoms with Crippen molar-refractivity contribution < 1.29 is 8.42 Å². The summed E-state index contributed by atoms with van der Waals surface area (Å²) in [6.45, 7) is 6.17.